The summed E-state index contributed by atoms with van der Waals surface area (Å²) in [6.45, 7) is 0. The van der Waals surface area contributed by atoms with Crippen molar-refractivity contribution in [2.45, 2.75) is 0 Å². The van der Waals surface area contributed by atoms with Gasteiger partial charge in [0, 0.05) is 32.8 Å². The Balaban J connectivity index is 1.19. The maximum absolute atomic E-state index is 6.67. The molecule has 45 heavy (non-hydrogen) atoms. The second-order valence-corrected chi connectivity index (χ2v) is 12.1. The van der Waals surface area contributed by atoms with Gasteiger partial charge in [-0.2, -0.15) is 0 Å². The van der Waals surface area contributed by atoms with E-state index in [2.05, 4.69) is 151 Å². The molecule has 214 valence electrons. The van der Waals surface area contributed by atoms with Gasteiger partial charge < -0.3 is 10.1 Å². The van der Waals surface area contributed by atoms with Crippen LogP contribution in [0.1, 0.15) is 0 Å². The van der Waals surface area contributed by atoms with Crippen LogP contribution < -0.4 is 10.1 Å². The smallest absolute Gasteiger partial charge is 0.137 e. The highest BCUT2D eigenvalue weighted by Crippen LogP contribution is 2.44. The molecule has 1 aromatic heterocycles. The minimum atomic E-state index is 0.797. The van der Waals surface area contributed by atoms with Gasteiger partial charge in [-0.25, -0.2) is 0 Å². The van der Waals surface area contributed by atoms with E-state index in [9.17, 15) is 0 Å². The van der Waals surface area contributed by atoms with Gasteiger partial charge in [-0.15, -0.1) is 11.3 Å². The zero-order valence-corrected chi connectivity index (χ0v) is 25.3. The quantitative estimate of drug-likeness (QED) is 0.198. The van der Waals surface area contributed by atoms with Crippen molar-refractivity contribution in [1.29, 1.82) is 0 Å². The average molecular weight is 596 g/mol. The molecule has 7 aromatic carbocycles. The molecule has 8 aromatic rings. The van der Waals surface area contributed by atoms with Crippen LogP contribution in [0.5, 0.6) is 11.5 Å². The molecule has 2 nitrogen and oxygen atoms in total. The lowest BCUT2D eigenvalue weighted by atomic mass is 10.0. The Morgan fingerprint density at radius 2 is 1.02 bits per heavy atom. The van der Waals surface area contributed by atoms with Gasteiger partial charge >= 0.3 is 0 Å². The Bertz CT molecular complexity index is 2260. The summed E-state index contributed by atoms with van der Waals surface area (Å²) >= 11 is 1.84. The van der Waals surface area contributed by atoms with Gasteiger partial charge in [0.15, 0.2) is 0 Å². The molecule has 0 amide bonds. The number of benzene rings is 7. The number of hydrogen-bond acceptors (Lipinski definition) is 3. The van der Waals surface area contributed by atoms with Crippen molar-refractivity contribution in [2.24, 2.45) is 0 Å². The summed E-state index contributed by atoms with van der Waals surface area (Å²) in [5.74, 6) is 1.59. The Kier molecular flexibility index (Phi) is 7.07. The van der Waals surface area contributed by atoms with Crippen LogP contribution in [-0.4, -0.2) is 0 Å². The van der Waals surface area contributed by atoms with E-state index < -0.39 is 0 Å². The van der Waals surface area contributed by atoms with E-state index in [4.69, 9.17) is 4.74 Å². The summed E-state index contributed by atoms with van der Waals surface area (Å²) in [6.07, 6.45) is 0. The SMILES string of the molecule is c1ccc(-c2cccc(Oc3cc(Nc4cccc5c4sc4c(-c6ccccc6)cccc45)ccc3-c3ccccc3)c2)cc1. The third-order valence-corrected chi connectivity index (χ3v) is 9.41. The lowest BCUT2D eigenvalue weighted by Gasteiger charge is -2.15. The first-order valence-electron chi connectivity index (χ1n) is 15.1. The highest BCUT2D eigenvalue weighted by Gasteiger charge is 2.15. The Morgan fingerprint density at radius 3 is 1.76 bits per heavy atom. The van der Waals surface area contributed by atoms with Crippen molar-refractivity contribution >= 4 is 42.9 Å². The summed E-state index contributed by atoms with van der Waals surface area (Å²) in [5.41, 5.74) is 8.98. The fraction of sp³-hybridized carbons (Fsp3) is 0. The minimum Gasteiger partial charge on any atom is -0.457 e. The van der Waals surface area contributed by atoms with E-state index in [1.54, 1.807) is 0 Å². The van der Waals surface area contributed by atoms with Crippen molar-refractivity contribution in [1.82, 2.24) is 0 Å². The Labute approximate surface area is 266 Å². The predicted octanol–water partition coefficient (Wildman–Crippen LogP) is 12.6. The molecule has 0 bridgehead atoms. The molecule has 3 heteroatoms. The fourth-order valence-corrected chi connectivity index (χ4v) is 7.26. The lowest BCUT2D eigenvalue weighted by molar-refractivity contribution is 0.485. The van der Waals surface area contributed by atoms with Crippen LogP contribution in [0.4, 0.5) is 11.4 Å². The van der Waals surface area contributed by atoms with E-state index in [-0.39, 0.29) is 0 Å². The highest BCUT2D eigenvalue weighted by atomic mass is 32.1. The predicted molar refractivity (Wildman–Crippen MR) is 192 cm³/mol. The van der Waals surface area contributed by atoms with Gasteiger partial charge in [0.2, 0.25) is 0 Å². The van der Waals surface area contributed by atoms with Crippen molar-refractivity contribution in [2.75, 3.05) is 5.32 Å². The molecule has 0 unspecified atom stereocenters. The second-order valence-electron chi connectivity index (χ2n) is 11.0. The number of rotatable bonds is 7. The van der Waals surface area contributed by atoms with Crippen molar-refractivity contribution in [3.05, 3.63) is 170 Å². The molecule has 8 rings (SSSR count). The third-order valence-electron chi connectivity index (χ3n) is 8.12. The molecule has 0 fully saturated rings. The van der Waals surface area contributed by atoms with E-state index >= 15 is 0 Å². The van der Waals surface area contributed by atoms with Gasteiger partial charge in [0.25, 0.3) is 0 Å². The number of hydrogen-bond donors (Lipinski definition) is 1. The Hall–Kier alpha value is -5.64. The van der Waals surface area contributed by atoms with Crippen LogP contribution in [0, 0.1) is 0 Å². The molecular weight excluding hydrogens is 567 g/mol. The van der Waals surface area contributed by atoms with Gasteiger partial charge in [-0.3, -0.25) is 0 Å². The summed E-state index contributed by atoms with van der Waals surface area (Å²) in [4.78, 5) is 0. The standard InChI is InChI=1S/C42H29NOS/c1-4-13-29(14-5-1)32-19-10-20-34(27-32)44-40-28-33(25-26-35(40)30-15-6-2-7-16-30)43-39-24-12-23-38-37-22-11-21-36(41(37)45-42(38)39)31-17-8-3-9-18-31/h1-28,43H. The van der Waals surface area contributed by atoms with Crippen LogP contribution in [0.25, 0.3) is 53.6 Å². The largest absolute Gasteiger partial charge is 0.457 e. The fourth-order valence-electron chi connectivity index (χ4n) is 5.96. The highest BCUT2D eigenvalue weighted by molar-refractivity contribution is 7.27. The first kappa shape index (κ1) is 26.9. The van der Waals surface area contributed by atoms with Crippen LogP contribution in [-0.2, 0) is 0 Å². The molecule has 1 heterocycles. The molecule has 0 saturated carbocycles. The van der Waals surface area contributed by atoms with Crippen LogP contribution in [0.2, 0.25) is 0 Å². The Morgan fingerprint density at radius 1 is 0.422 bits per heavy atom. The molecule has 0 spiro atoms. The molecule has 0 aliphatic carbocycles. The molecular formula is C42H29NOS. The van der Waals surface area contributed by atoms with Gasteiger partial charge in [-0.1, -0.05) is 133 Å². The topological polar surface area (TPSA) is 21.3 Å². The van der Waals surface area contributed by atoms with Gasteiger partial charge in [0.05, 0.1) is 10.4 Å². The summed E-state index contributed by atoms with van der Waals surface area (Å²) < 4.78 is 9.21. The summed E-state index contributed by atoms with van der Waals surface area (Å²) in [6, 6.07) is 59.3. The number of ether oxygens (including phenoxy) is 1. The number of anilines is 2. The maximum atomic E-state index is 6.67. The molecule has 0 aliphatic heterocycles. The zero-order chi connectivity index (χ0) is 30.0. The van der Waals surface area contributed by atoms with Crippen LogP contribution in [0.3, 0.4) is 0 Å². The normalized spacial score (nSPS) is 11.1. The molecule has 0 radical (unpaired) electrons. The van der Waals surface area contributed by atoms with Gasteiger partial charge in [-0.05, 0) is 58.1 Å². The first-order chi connectivity index (χ1) is 22.3. The van der Waals surface area contributed by atoms with E-state index in [1.165, 1.54) is 31.3 Å². The zero-order valence-electron chi connectivity index (χ0n) is 24.5. The molecule has 1 N–H and O–H groups in total. The number of nitrogens with one attached hydrogen (secondary N) is 1. The first-order valence-corrected chi connectivity index (χ1v) is 15.9. The van der Waals surface area contributed by atoms with Crippen molar-refractivity contribution < 1.29 is 4.74 Å². The number of thiophene rings is 1. The minimum absolute atomic E-state index is 0.797. The second kappa shape index (κ2) is 11.8. The summed E-state index contributed by atoms with van der Waals surface area (Å²) in [5, 5.41) is 6.28. The monoisotopic (exact) mass is 595 g/mol. The number of fused-ring (bicyclic) bond motifs is 3. The third kappa shape index (κ3) is 5.35. The van der Waals surface area contributed by atoms with Crippen molar-refractivity contribution in [3.8, 4) is 44.9 Å². The van der Waals surface area contributed by atoms with Gasteiger partial charge in [0.1, 0.15) is 11.5 Å². The van der Waals surface area contributed by atoms with Crippen molar-refractivity contribution in [3.63, 3.8) is 0 Å². The molecule has 0 atom stereocenters. The van der Waals surface area contributed by atoms with Crippen LogP contribution >= 0.6 is 11.3 Å². The van der Waals surface area contributed by atoms with E-state index in [0.717, 1.165) is 45.1 Å². The van der Waals surface area contributed by atoms with E-state index in [1.807, 2.05) is 35.6 Å². The average Bonchev–Trinajstić information content (AvgIpc) is 3.50. The molecule has 0 aliphatic rings. The maximum Gasteiger partial charge on any atom is 0.137 e. The molecule has 0 saturated heterocycles. The summed E-state index contributed by atoms with van der Waals surface area (Å²) in [7, 11) is 0. The van der Waals surface area contributed by atoms with Crippen LogP contribution in [0.15, 0.2) is 170 Å². The van der Waals surface area contributed by atoms with E-state index in [0.29, 0.717) is 0 Å². The lowest BCUT2D eigenvalue weighted by Crippen LogP contribution is -1.94.